The van der Waals surface area contributed by atoms with Crippen molar-refractivity contribution in [3.63, 3.8) is 0 Å². The summed E-state index contributed by atoms with van der Waals surface area (Å²) in [6, 6.07) is 0. The number of hydrogen-bond acceptors (Lipinski definition) is 4. The van der Waals surface area contributed by atoms with Crippen LogP contribution in [0.2, 0.25) is 0 Å². The molecule has 4 aliphatic carbocycles. The number of rotatable bonds is 5. The van der Waals surface area contributed by atoms with Crippen LogP contribution in [-0.2, 0) is 19.0 Å². The third kappa shape index (κ3) is 4.25. The molecule has 0 bridgehead atoms. The van der Waals surface area contributed by atoms with Crippen molar-refractivity contribution < 1.29 is 19.0 Å². The normalized spacial score (nSPS) is 52.7. The van der Waals surface area contributed by atoms with Gasteiger partial charge in [-0.3, -0.25) is 4.79 Å². The molecule has 1 spiro atoms. The molecule has 12 atom stereocenters. The Morgan fingerprint density at radius 2 is 1.73 bits per heavy atom. The van der Waals surface area contributed by atoms with Gasteiger partial charge in [0.25, 0.3) is 0 Å². The van der Waals surface area contributed by atoms with Gasteiger partial charge in [0.15, 0.2) is 5.79 Å². The zero-order chi connectivity index (χ0) is 26.0. The molecular formula is C33H54O4. The quantitative estimate of drug-likeness (QED) is 0.276. The lowest BCUT2D eigenvalue weighted by Gasteiger charge is -2.61. The molecular weight excluding hydrogens is 460 g/mol. The molecule has 0 aromatic heterocycles. The van der Waals surface area contributed by atoms with E-state index in [9.17, 15) is 4.79 Å². The highest BCUT2D eigenvalue weighted by atomic mass is 16.7. The Labute approximate surface area is 226 Å². The summed E-state index contributed by atoms with van der Waals surface area (Å²) in [5.74, 6) is 4.76. The number of hydrogen-bond donors (Lipinski definition) is 0. The lowest BCUT2D eigenvalue weighted by Crippen LogP contribution is -2.55. The maximum atomic E-state index is 12.4. The number of ether oxygens (including phenoxy) is 3. The molecule has 4 heteroatoms. The molecule has 0 unspecified atom stereocenters. The van der Waals surface area contributed by atoms with Gasteiger partial charge in [0.1, 0.15) is 6.10 Å². The molecule has 0 radical (unpaired) electrons. The van der Waals surface area contributed by atoms with E-state index < -0.39 is 0 Å². The second-order valence-electron chi connectivity index (χ2n) is 15.0. The van der Waals surface area contributed by atoms with E-state index in [1.54, 1.807) is 0 Å². The van der Waals surface area contributed by atoms with Gasteiger partial charge >= 0.3 is 5.97 Å². The third-order valence-corrected chi connectivity index (χ3v) is 13.2. The molecule has 0 N–H and O–H groups in total. The van der Waals surface area contributed by atoms with E-state index in [2.05, 4.69) is 34.6 Å². The Bertz CT molecular complexity index is 847. The van der Waals surface area contributed by atoms with Gasteiger partial charge in [-0.1, -0.05) is 47.5 Å². The minimum absolute atomic E-state index is 0.0463. The Kier molecular flexibility index (Phi) is 7.04. The van der Waals surface area contributed by atoms with Crippen molar-refractivity contribution in [2.45, 2.75) is 143 Å². The van der Waals surface area contributed by atoms with Crippen molar-refractivity contribution in [1.29, 1.82) is 0 Å². The highest BCUT2D eigenvalue weighted by Gasteiger charge is 2.69. The van der Waals surface area contributed by atoms with E-state index in [-0.39, 0.29) is 17.9 Å². The van der Waals surface area contributed by atoms with Gasteiger partial charge in [0.05, 0.1) is 12.7 Å². The van der Waals surface area contributed by atoms with Crippen LogP contribution < -0.4 is 0 Å². The smallest absolute Gasteiger partial charge is 0.306 e. The molecule has 6 fully saturated rings. The van der Waals surface area contributed by atoms with Crippen molar-refractivity contribution >= 4 is 5.97 Å². The van der Waals surface area contributed by atoms with Crippen molar-refractivity contribution in [2.24, 2.45) is 52.3 Å². The van der Waals surface area contributed by atoms with Gasteiger partial charge in [-0.25, -0.2) is 0 Å². The lowest BCUT2D eigenvalue weighted by molar-refractivity contribution is -0.273. The summed E-state index contributed by atoms with van der Waals surface area (Å²) in [6.07, 6.45) is 16.8. The predicted octanol–water partition coefficient (Wildman–Crippen LogP) is 7.93. The summed E-state index contributed by atoms with van der Waals surface area (Å²) in [4.78, 5) is 12.4. The van der Waals surface area contributed by atoms with Crippen molar-refractivity contribution in [3.8, 4) is 0 Å². The SMILES string of the molecule is CCCCCC(=O)O[C@H]1CC[C@@]2(C)[C@@H](CC[C@@H]3[C@@H]2CC[C@]2(C)[C@@H]4[C@H](C[C@@H]32)O[C@@]2(CC[C@H](C)CO2)[C@H]4C)C1. The van der Waals surface area contributed by atoms with Crippen molar-refractivity contribution in [2.75, 3.05) is 6.61 Å². The van der Waals surface area contributed by atoms with Crippen LogP contribution in [-0.4, -0.2) is 30.6 Å². The van der Waals surface area contributed by atoms with E-state index >= 15 is 0 Å². The van der Waals surface area contributed by atoms with Crippen LogP contribution in [0.1, 0.15) is 125 Å². The zero-order valence-corrected chi connectivity index (χ0v) is 24.4. The standard InChI is InChI=1S/C33H54O4/c1-6-7-8-9-29(34)36-24-13-15-31(4)23(18-24)10-11-25-26(31)14-16-32(5)27(25)19-28-30(32)22(3)33(37-28)17-12-21(2)20-35-33/h21-28,30H,6-20H2,1-5H3/t21-,22-,23-,24-,25+,26-,27-,28-,30-,31-,32-,33-/m0/s1. The Hall–Kier alpha value is -0.610. The topological polar surface area (TPSA) is 44.8 Å². The average molecular weight is 515 g/mol. The summed E-state index contributed by atoms with van der Waals surface area (Å²) in [7, 11) is 0. The van der Waals surface area contributed by atoms with Crippen molar-refractivity contribution in [1.82, 2.24) is 0 Å². The average Bonchev–Trinajstić information content (AvgIpc) is 3.31. The second-order valence-corrected chi connectivity index (χ2v) is 15.0. The number of fused-ring (bicyclic) bond motifs is 7. The maximum absolute atomic E-state index is 12.4. The molecule has 0 amide bonds. The third-order valence-electron chi connectivity index (χ3n) is 13.2. The summed E-state index contributed by atoms with van der Waals surface area (Å²) in [6.45, 7) is 13.1. The monoisotopic (exact) mass is 514 g/mol. The Balaban J connectivity index is 1.12. The molecule has 0 aromatic carbocycles. The summed E-state index contributed by atoms with van der Waals surface area (Å²) in [5, 5.41) is 0. The lowest BCUT2D eigenvalue weighted by atomic mass is 9.44. The van der Waals surface area contributed by atoms with Gasteiger partial charge in [0.2, 0.25) is 0 Å². The first-order valence-electron chi connectivity index (χ1n) is 16.2. The first-order valence-corrected chi connectivity index (χ1v) is 16.2. The minimum Gasteiger partial charge on any atom is -0.462 e. The molecule has 2 saturated heterocycles. The van der Waals surface area contributed by atoms with E-state index in [0.717, 1.165) is 68.8 Å². The summed E-state index contributed by atoms with van der Waals surface area (Å²) >= 11 is 0. The largest absolute Gasteiger partial charge is 0.462 e. The van der Waals surface area contributed by atoms with Gasteiger partial charge in [0, 0.05) is 18.8 Å². The molecule has 210 valence electrons. The van der Waals surface area contributed by atoms with Crippen LogP contribution in [0.25, 0.3) is 0 Å². The predicted molar refractivity (Wildman–Crippen MR) is 146 cm³/mol. The molecule has 37 heavy (non-hydrogen) atoms. The van der Waals surface area contributed by atoms with E-state index in [0.29, 0.717) is 41.1 Å². The van der Waals surface area contributed by atoms with Gasteiger partial charge in [-0.2, -0.15) is 0 Å². The number of unbranched alkanes of at least 4 members (excludes halogenated alkanes) is 2. The van der Waals surface area contributed by atoms with Crippen LogP contribution >= 0.6 is 0 Å². The highest BCUT2D eigenvalue weighted by Crippen LogP contribution is 2.71. The van der Waals surface area contributed by atoms with Crippen LogP contribution in [0.4, 0.5) is 0 Å². The molecule has 0 aromatic rings. The molecule has 2 heterocycles. The van der Waals surface area contributed by atoms with E-state index in [1.807, 2.05) is 0 Å². The minimum atomic E-state index is -0.303. The van der Waals surface area contributed by atoms with Crippen LogP contribution in [0.3, 0.4) is 0 Å². The Morgan fingerprint density at radius 1 is 0.919 bits per heavy atom. The molecule has 6 aliphatic rings. The maximum Gasteiger partial charge on any atom is 0.306 e. The molecule has 6 rings (SSSR count). The fraction of sp³-hybridized carbons (Fsp3) is 0.970. The number of esters is 1. The molecule has 2 aliphatic heterocycles. The summed E-state index contributed by atoms with van der Waals surface area (Å²) in [5.41, 5.74) is 0.818. The second kappa shape index (κ2) is 9.79. The van der Waals surface area contributed by atoms with E-state index in [1.165, 1.54) is 44.9 Å². The van der Waals surface area contributed by atoms with Crippen LogP contribution in [0, 0.1) is 52.3 Å². The van der Waals surface area contributed by atoms with Crippen LogP contribution in [0.15, 0.2) is 0 Å². The van der Waals surface area contributed by atoms with Crippen LogP contribution in [0.5, 0.6) is 0 Å². The number of carbonyl (C=O) groups is 1. The highest BCUT2D eigenvalue weighted by molar-refractivity contribution is 5.69. The molecule has 4 saturated carbocycles. The summed E-state index contributed by atoms with van der Waals surface area (Å²) < 4.78 is 19.5. The first-order chi connectivity index (χ1) is 17.7. The fourth-order valence-electron chi connectivity index (χ4n) is 11.1. The fourth-order valence-corrected chi connectivity index (χ4v) is 11.1. The van der Waals surface area contributed by atoms with Gasteiger partial charge in [-0.05, 0) is 111 Å². The first kappa shape index (κ1) is 26.6. The molecule has 4 nitrogen and oxygen atoms in total. The number of carbonyl (C=O) groups excluding carboxylic acids is 1. The van der Waals surface area contributed by atoms with E-state index in [4.69, 9.17) is 14.2 Å². The van der Waals surface area contributed by atoms with Gasteiger partial charge < -0.3 is 14.2 Å². The zero-order valence-electron chi connectivity index (χ0n) is 24.4. The Morgan fingerprint density at radius 3 is 2.49 bits per heavy atom. The van der Waals surface area contributed by atoms with Crippen molar-refractivity contribution in [3.05, 3.63) is 0 Å². The van der Waals surface area contributed by atoms with Gasteiger partial charge in [-0.15, -0.1) is 0 Å².